The first-order chi connectivity index (χ1) is 5.75. The van der Waals surface area contributed by atoms with Crippen molar-refractivity contribution in [2.45, 2.75) is 33.6 Å². The minimum Gasteiger partial charge on any atom is -0.293 e. The molecule has 0 spiro atoms. The smallest absolute Gasteiger partial charge is 0.0426 e. The van der Waals surface area contributed by atoms with Crippen molar-refractivity contribution in [3.05, 3.63) is 11.6 Å². The van der Waals surface area contributed by atoms with E-state index >= 15 is 0 Å². The van der Waals surface area contributed by atoms with E-state index in [-0.39, 0.29) is 0 Å². The Morgan fingerprint density at radius 2 is 2.25 bits per heavy atom. The van der Waals surface area contributed by atoms with E-state index in [1.54, 1.807) is 5.57 Å². The molecule has 0 aromatic rings. The molecule has 0 aliphatic carbocycles. The first kappa shape index (κ1) is 9.50. The van der Waals surface area contributed by atoms with Crippen molar-refractivity contribution in [1.29, 1.82) is 0 Å². The van der Waals surface area contributed by atoms with Gasteiger partial charge < -0.3 is 0 Å². The SMILES string of the molecule is CCC(C1=CC=NCC1)C(C)C. The van der Waals surface area contributed by atoms with Gasteiger partial charge in [0.05, 0.1) is 0 Å². The predicted molar refractivity (Wildman–Crippen MR) is 54.7 cm³/mol. The van der Waals surface area contributed by atoms with Crippen LogP contribution in [-0.4, -0.2) is 12.8 Å². The fourth-order valence-corrected chi connectivity index (χ4v) is 1.97. The zero-order chi connectivity index (χ0) is 8.97. The molecule has 1 unspecified atom stereocenters. The summed E-state index contributed by atoms with van der Waals surface area (Å²) in [5.74, 6) is 1.55. The van der Waals surface area contributed by atoms with Crippen LogP contribution < -0.4 is 0 Å². The molecular weight excluding hydrogens is 146 g/mol. The minimum atomic E-state index is 0.771. The van der Waals surface area contributed by atoms with Gasteiger partial charge in [0.15, 0.2) is 0 Å². The van der Waals surface area contributed by atoms with Gasteiger partial charge in [-0.2, -0.15) is 0 Å². The number of nitrogens with zero attached hydrogens (tertiary/aromatic N) is 1. The summed E-state index contributed by atoms with van der Waals surface area (Å²) in [6.07, 6.45) is 6.60. The molecule has 1 rings (SSSR count). The Morgan fingerprint density at radius 3 is 2.67 bits per heavy atom. The van der Waals surface area contributed by atoms with Crippen molar-refractivity contribution in [3.63, 3.8) is 0 Å². The average molecular weight is 165 g/mol. The summed E-state index contributed by atoms with van der Waals surface area (Å²) in [6.45, 7) is 7.88. The third-order valence-corrected chi connectivity index (χ3v) is 2.64. The van der Waals surface area contributed by atoms with Crippen LogP contribution in [0, 0.1) is 11.8 Å². The van der Waals surface area contributed by atoms with Crippen LogP contribution in [0.4, 0.5) is 0 Å². The Morgan fingerprint density at radius 1 is 1.50 bits per heavy atom. The Labute approximate surface area is 75.6 Å². The molecule has 1 nitrogen and oxygen atoms in total. The standard InChI is InChI=1S/C11H19N/c1-4-11(9(2)3)10-5-7-12-8-6-10/h5,7,9,11H,4,6,8H2,1-3H3. The van der Waals surface area contributed by atoms with Gasteiger partial charge in [-0.15, -0.1) is 0 Å². The predicted octanol–water partition coefficient (Wildman–Crippen LogP) is 3.07. The lowest BCUT2D eigenvalue weighted by molar-refractivity contribution is 0.420. The van der Waals surface area contributed by atoms with E-state index in [9.17, 15) is 0 Å². The molecule has 1 aliphatic heterocycles. The Kier molecular flexibility index (Phi) is 3.51. The van der Waals surface area contributed by atoms with E-state index in [1.807, 2.05) is 6.21 Å². The molecule has 1 atom stereocenters. The zero-order valence-corrected chi connectivity index (χ0v) is 8.38. The molecule has 1 heterocycles. The maximum Gasteiger partial charge on any atom is 0.0426 e. The fourth-order valence-electron chi connectivity index (χ4n) is 1.97. The normalized spacial score (nSPS) is 19.5. The Bertz CT molecular complexity index is 189. The third kappa shape index (κ3) is 2.20. The molecular formula is C11H19N. The highest BCUT2D eigenvalue weighted by molar-refractivity contribution is 5.73. The molecule has 0 fully saturated rings. The molecule has 68 valence electrons. The molecule has 12 heavy (non-hydrogen) atoms. The summed E-state index contributed by atoms with van der Waals surface area (Å²) in [5, 5.41) is 0. The second kappa shape index (κ2) is 4.44. The topological polar surface area (TPSA) is 12.4 Å². The number of hydrogen-bond acceptors (Lipinski definition) is 1. The largest absolute Gasteiger partial charge is 0.293 e. The number of allylic oxidation sites excluding steroid dienone is 1. The van der Waals surface area contributed by atoms with Crippen LogP contribution in [0.3, 0.4) is 0 Å². The monoisotopic (exact) mass is 165 g/mol. The number of dihydropyridines is 1. The number of hydrogen-bond donors (Lipinski definition) is 0. The van der Waals surface area contributed by atoms with Crippen molar-refractivity contribution in [2.24, 2.45) is 16.8 Å². The summed E-state index contributed by atoms with van der Waals surface area (Å²) >= 11 is 0. The maximum atomic E-state index is 4.20. The van der Waals surface area contributed by atoms with E-state index < -0.39 is 0 Å². The lowest BCUT2D eigenvalue weighted by Crippen LogP contribution is -2.13. The Balaban J connectivity index is 2.64. The zero-order valence-electron chi connectivity index (χ0n) is 8.38. The van der Waals surface area contributed by atoms with Crippen molar-refractivity contribution < 1.29 is 0 Å². The quantitative estimate of drug-likeness (QED) is 0.609. The second-order valence-electron chi connectivity index (χ2n) is 3.81. The van der Waals surface area contributed by atoms with Gasteiger partial charge in [0.25, 0.3) is 0 Å². The van der Waals surface area contributed by atoms with Gasteiger partial charge in [-0.1, -0.05) is 26.3 Å². The highest BCUT2D eigenvalue weighted by Crippen LogP contribution is 2.26. The second-order valence-corrected chi connectivity index (χ2v) is 3.81. The van der Waals surface area contributed by atoms with Gasteiger partial charge in [-0.25, -0.2) is 0 Å². The fraction of sp³-hybridized carbons (Fsp3) is 0.727. The first-order valence-corrected chi connectivity index (χ1v) is 4.94. The molecule has 0 bridgehead atoms. The number of aliphatic imine (C=N–C) groups is 1. The minimum absolute atomic E-state index is 0.771. The summed E-state index contributed by atoms with van der Waals surface area (Å²) in [6, 6.07) is 0. The third-order valence-electron chi connectivity index (χ3n) is 2.64. The molecule has 0 saturated heterocycles. The maximum absolute atomic E-state index is 4.20. The molecule has 0 N–H and O–H groups in total. The summed E-state index contributed by atoms with van der Waals surface area (Å²) in [5.41, 5.74) is 1.60. The van der Waals surface area contributed by atoms with Gasteiger partial charge in [0.2, 0.25) is 0 Å². The lowest BCUT2D eigenvalue weighted by atomic mass is 9.84. The molecule has 0 aromatic heterocycles. The first-order valence-electron chi connectivity index (χ1n) is 4.94. The molecule has 0 radical (unpaired) electrons. The molecule has 1 aliphatic rings. The van der Waals surface area contributed by atoms with Gasteiger partial charge in [-0.3, -0.25) is 4.99 Å². The van der Waals surface area contributed by atoms with Crippen LogP contribution in [0.5, 0.6) is 0 Å². The van der Waals surface area contributed by atoms with Crippen molar-refractivity contribution >= 4 is 6.21 Å². The molecule has 1 heteroatoms. The molecule has 0 aromatic carbocycles. The van der Waals surface area contributed by atoms with Gasteiger partial charge in [0, 0.05) is 12.8 Å². The highest BCUT2D eigenvalue weighted by atomic mass is 14.7. The van der Waals surface area contributed by atoms with Gasteiger partial charge >= 0.3 is 0 Å². The van der Waals surface area contributed by atoms with Crippen LogP contribution in [0.2, 0.25) is 0 Å². The van der Waals surface area contributed by atoms with Crippen LogP contribution in [0.15, 0.2) is 16.6 Å². The van der Waals surface area contributed by atoms with Crippen molar-refractivity contribution in [1.82, 2.24) is 0 Å². The van der Waals surface area contributed by atoms with E-state index in [4.69, 9.17) is 0 Å². The number of rotatable bonds is 3. The summed E-state index contributed by atoms with van der Waals surface area (Å²) in [7, 11) is 0. The van der Waals surface area contributed by atoms with Crippen molar-refractivity contribution in [3.8, 4) is 0 Å². The van der Waals surface area contributed by atoms with E-state index in [0.717, 1.165) is 18.4 Å². The molecule has 0 amide bonds. The average Bonchev–Trinajstić information content (AvgIpc) is 2.07. The van der Waals surface area contributed by atoms with E-state index in [2.05, 4.69) is 31.8 Å². The highest BCUT2D eigenvalue weighted by Gasteiger charge is 2.16. The lowest BCUT2D eigenvalue weighted by Gasteiger charge is -2.23. The Hall–Kier alpha value is -0.590. The summed E-state index contributed by atoms with van der Waals surface area (Å²) in [4.78, 5) is 4.20. The van der Waals surface area contributed by atoms with E-state index in [1.165, 1.54) is 12.8 Å². The van der Waals surface area contributed by atoms with Crippen molar-refractivity contribution in [2.75, 3.05) is 6.54 Å². The summed E-state index contributed by atoms with van der Waals surface area (Å²) < 4.78 is 0. The van der Waals surface area contributed by atoms with Crippen LogP contribution in [-0.2, 0) is 0 Å². The van der Waals surface area contributed by atoms with Crippen LogP contribution in [0.1, 0.15) is 33.6 Å². The van der Waals surface area contributed by atoms with Crippen LogP contribution >= 0.6 is 0 Å². The van der Waals surface area contributed by atoms with Gasteiger partial charge in [0.1, 0.15) is 0 Å². The van der Waals surface area contributed by atoms with E-state index in [0.29, 0.717) is 0 Å². The molecule has 0 saturated carbocycles. The van der Waals surface area contributed by atoms with Crippen LogP contribution in [0.25, 0.3) is 0 Å². The van der Waals surface area contributed by atoms with Gasteiger partial charge in [-0.05, 0) is 30.8 Å².